The monoisotopic (exact) mass is 1390 g/mol. The maximum absolute atomic E-state index is 14.2. The molecule has 0 N–H and O–H groups in total. The van der Waals surface area contributed by atoms with Crippen molar-refractivity contribution in [3.8, 4) is 57.5 Å². The number of carbonyl (C=O) groups is 6. The number of hydrogen-bond donors (Lipinski definition) is 0. The van der Waals surface area contributed by atoms with E-state index < -0.39 is 58.8 Å². The van der Waals surface area contributed by atoms with Crippen LogP contribution in [0.25, 0.3) is 12.2 Å². The van der Waals surface area contributed by atoms with Crippen molar-refractivity contribution in [3.05, 3.63) is 203 Å². The molecule has 0 spiro atoms. The third-order valence-corrected chi connectivity index (χ3v) is 16.9. The molecule has 0 saturated carbocycles. The van der Waals surface area contributed by atoms with E-state index in [1.54, 1.807) is 36.4 Å². The fourth-order valence-corrected chi connectivity index (χ4v) is 10.8. The lowest BCUT2D eigenvalue weighted by molar-refractivity contribution is -0.129. The highest BCUT2D eigenvalue weighted by molar-refractivity contribution is 5.96. The van der Waals surface area contributed by atoms with Crippen LogP contribution in [0, 0.1) is 0 Å². The van der Waals surface area contributed by atoms with Crippen molar-refractivity contribution in [1.29, 1.82) is 0 Å². The Morgan fingerprint density at radius 3 is 0.833 bits per heavy atom. The minimum absolute atomic E-state index is 0.0236. The minimum atomic E-state index is -0.970. The molecular weight excluding hydrogens is 1300 g/mol. The zero-order chi connectivity index (χ0) is 71.4. The van der Waals surface area contributed by atoms with Crippen molar-refractivity contribution >= 4 is 48.0 Å². The standard InChI is InChI=1S/C84H94O18/c1-3-5-7-9-13-19-53-91-67-39-25-61(26-40-67)29-51-79(85)97-71-47-35-65(36-48-71)83(89)101-77-57-76(100-82(88)64-33-45-70(46-34-64)94-56-22-16-12-18-24-74-60-96-74)78(58-75(77)99-81(87)63-31-43-69(44-32-63)93-55-21-15-11-17-23-73-59-95-73)102-84(90)66-37-49-72(50-38-66)98-80(86)52-30-62-27-41-68(42-28-62)92-54-20-14-10-8-6-4-2/h25-52,57-58,73-74H,3-24,53-56,59-60H2,1-2H3. The maximum atomic E-state index is 14.2. The van der Waals surface area contributed by atoms with Crippen LogP contribution >= 0.6 is 0 Å². The highest BCUT2D eigenvalue weighted by Crippen LogP contribution is 2.42. The van der Waals surface area contributed by atoms with Gasteiger partial charge in [-0.15, -0.1) is 0 Å². The van der Waals surface area contributed by atoms with Crippen LogP contribution in [-0.4, -0.2) is 87.7 Å². The third-order valence-electron chi connectivity index (χ3n) is 16.9. The van der Waals surface area contributed by atoms with E-state index in [0.717, 1.165) is 138 Å². The summed E-state index contributed by atoms with van der Waals surface area (Å²) < 4.78 is 69.3. The van der Waals surface area contributed by atoms with E-state index in [0.29, 0.717) is 50.1 Å². The summed E-state index contributed by atoms with van der Waals surface area (Å²) in [6.07, 6.45) is 30.8. The third kappa shape index (κ3) is 27.8. The Balaban J connectivity index is 0.898. The van der Waals surface area contributed by atoms with Crippen LogP contribution in [0.15, 0.2) is 170 Å². The predicted octanol–water partition coefficient (Wildman–Crippen LogP) is 18.7. The summed E-state index contributed by atoms with van der Waals surface area (Å²) in [6, 6.07) is 40.6. The second kappa shape index (κ2) is 42.3. The number of esters is 6. The van der Waals surface area contributed by atoms with E-state index in [2.05, 4.69) is 13.8 Å². The number of carbonyl (C=O) groups excluding carboxylic acids is 6. The molecule has 0 aromatic heterocycles. The summed E-state index contributed by atoms with van der Waals surface area (Å²) in [4.78, 5) is 82.7. The topological polar surface area (TPSA) is 220 Å². The fraction of sp³-hybridized carbons (Fsp3) is 0.381. The van der Waals surface area contributed by atoms with Gasteiger partial charge in [-0.1, -0.05) is 141 Å². The van der Waals surface area contributed by atoms with Gasteiger partial charge in [0.05, 0.1) is 74.1 Å². The lowest BCUT2D eigenvalue weighted by Crippen LogP contribution is -2.16. The number of hydrogen-bond acceptors (Lipinski definition) is 18. The van der Waals surface area contributed by atoms with Crippen LogP contribution in [0.3, 0.4) is 0 Å². The molecule has 2 aliphatic rings. The second-order valence-electron chi connectivity index (χ2n) is 25.3. The first-order chi connectivity index (χ1) is 49.9. The summed E-state index contributed by atoms with van der Waals surface area (Å²) in [5.41, 5.74) is 1.63. The molecule has 2 aliphatic heterocycles. The van der Waals surface area contributed by atoms with Gasteiger partial charge in [0.15, 0.2) is 23.0 Å². The lowest BCUT2D eigenvalue weighted by atomic mass is 10.1. The van der Waals surface area contributed by atoms with Gasteiger partial charge in [-0.25, -0.2) is 28.8 Å². The van der Waals surface area contributed by atoms with Crippen LogP contribution in [0.1, 0.15) is 208 Å². The Morgan fingerprint density at radius 1 is 0.314 bits per heavy atom. The fourth-order valence-electron chi connectivity index (χ4n) is 10.8. The summed E-state index contributed by atoms with van der Waals surface area (Å²) in [5.74, 6) is -3.98. The van der Waals surface area contributed by atoms with E-state index in [1.165, 1.54) is 136 Å². The smallest absolute Gasteiger partial charge is 0.343 e. The second-order valence-corrected chi connectivity index (χ2v) is 25.3. The average molecular weight is 1390 g/mol. The first kappa shape index (κ1) is 76.1. The van der Waals surface area contributed by atoms with Crippen LogP contribution in [-0.2, 0) is 19.1 Å². The molecule has 7 aromatic rings. The maximum Gasteiger partial charge on any atom is 0.343 e. The number of rotatable bonds is 46. The van der Waals surface area contributed by atoms with Crippen LogP contribution in [0.2, 0.25) is 0 Å². The van der Waals surface area contributed by atoms with E-state index in [9.17, 15) is 28.8 Å². The Kier molecular flexibility index (Phi) is 31.6. The van der Waals surface area contributed by atoms with Crippen molar-refractivity contribution in [2.24, 2.45) is 0 Å². The van der Waals surface area contributed by atoms with E-state index in [-0.39, 0.29) is 33.8 Å². The summed E-state index contributed by atoms with van der Waals surface area (Å²) in [6.45, 7) is 8.32. The van der Waals surface area contributed by atoms with Gasteiger partial charge in [0.1, 0.15) is 34.5 Å². The molecule has 0 bridgehead atoms. The van der Waals surface area contributed by atoms with Gasteiger partial charge in [-0.3, -0.25) is 0 Å². The quantitative estimate of drug-likeness (QED) is 0.0114. The van der Waals surface area contributed by atoms with Gasteiger partial charge >= 0.3 is 35.8 Å². The van der Waals surface area contributed by atoms with Crippen molar-refractivity contribution in [2.75, 3.05) is 39.6 Å². The molecule has 0 aliphatic carbocycles. The van der Waals surface area contributed by atoms with Gasteiger partial charge < -0.3 is 56.8 Å². The highest BCUT2D eigenvalue weighted by Gasteiger charge is 2.26. The summed E-state index contributed by atoms with van der Waals surface area (Å²) >= 11 is 0. The average Bonchev–Trinajstić information content (AvgIpc) is 1.06. The lowest BCUT2D eigenvalue weighted by Gasteiger charge is -2.16. The molecule has 18 nitrogen and oxygen atoms in total. The first-order valence-corrected chi connectivity index (χ1v) is 36.1. The molecule has 0 amide bonds. The van der Waals surface area contributed by atoms with Gasteiger partial charge in [0.25, 0.3) is 0 Å². The Hall–Kier alpha value is -10.0. The SMILES string of the molecule is CCCCCCCCOc1ccc(C=CC(=O)Oc2ccc(C(=O)Oc3cc(OC(=O)c4ccc(OCCCCCCC5CO5)cc4)c(OC(=O)c4ccc(OC(=O)C=Cc5ccc(OCCCCCCCC)cc5)cc4)cc3OC(=O)c3ccc(OCCCCCCC4CO4)cc3)cc2)cc1. The molecular formula is C84H94O18. The molecule has 2 unspecified atom stereocenters. The minimum Gasteiger partial charge on any atom is -0.494 e. The zero-order valence-electron chi connectivity index (χ0n) is 58.6. The van der Waals surface area contributed by atoms with Crippen LogP contribution in [0.4, 0.5) is 0 Å². The van der Waals surface area contributed by atoms with Gasteiger partial charge in [-0.2, -0.15) is 0 Å². The van der Waals surface area contributed by atoms with E-state index >= 15 is 0 Å². The number of unbranched alkanes of at least 4 members (excludes halogenated alkanes) is 16. The zero-order valence-corrected chi connectivity index (χ0v) is 58.6. The van der Waals surface area contributed by atoms with Crippen LogP contribution < -0.4 is 47.4 Å². The number of ether oxygens (including phenoxy) is 12. The van der Waals surface area contributed by atoms with Crippen LogP contribution in [0.5, 0.6) is 57.5 Å². The molecule has 9 rings (SSSR count). The van der Waals surface area contributed by atoms with Crippen molar-refractivity contribution in [1.82, 2.24) is 0 Å². The number of benzene rings is 7. The molecule has 2 heterocycles. The predicted molar refractivity (Wildman–Crippen MR) is 389 cm³/mol. The molecule has 0 radical (unpaired) electrons. The van der Waals surface area contributed by atoms with Gasteiger partial charge in [-0.05, 0) is 183 Å². The van der Waals surface area contributed by atoms with Gasteiger partial charge in [0, 0.05) is 24.3 Å². The molecule has 2 saturated heterocycles. The first-order valence-electron chi connectivity index (χ1n) is 36.1. The summed E-state index contributed by atoms with van der Waals surface area (Å²) in [7, 11) is 0. The van der Waals surface area contributed by atoms with Crippen molar-refractivity contribution in [2.45, 2.75) is 167 Å². The van der Waals surface area contributed by atoms with E-state index in [1.807, 2.05) is 48.5 Å². The largest absolute Gasteiger partial charge is 0.494 e. The molecule has 7 aromatic carbocycles. The molecule has 2 atom stereocenters. The molecule has 2 fully saturated rings. The Morgan fingerprint density at radius 2 is 0.559 bits per heavy atom. The van der Waals surface area contributed by atoms with Crippen molar-refractivity contribution in [3.63, 3.8) is 0 Å². The molecule has 18 heteroatoms. The summed E-state index contributed by atoms with van der Waals surface area (Å²) in [5, 5.41) is 0. The highest BCUT2D eigenvalue weighted by atomic mass is 16.6. The van der Waals surface area contributed by atoms with E-state index in [4.69, 9.17) is 56.8 Å². The van der Waals surface area contributed by atoms with Gasteiger partial charge in [0.2, 0.25) is 0 Å². The Bertz CT molecular complexity index is 3550. The van der Waals surface area contributed by atoms with Crippen molar-refractivity contribution < 1.29 is 85.6 Å². The normalized spacial score (nSPS) is 13.6. The number of epoxide rings is 2. The molecule has 538 valence electrons. The Labute approximate surface area is 598 Å². The molecule has 102 heavy (non-hydrogen) atoms.